The highest BCUT2D eigenvalue weighted by Gasteiger charge is 2.29. The first-order chi connectivity index (χ1) is 14.6. The summed E-state index contributed by atoms with van der Waals surface area (Å²) in [4.78, 5) is 26.9. The second-order valence-corrected chi connectivity index (χ2v) is 9.15. The van der Waals surface area contributed by atoms with Crippen LogP contribution in [-0.4, -0.2) is 35.6 Å². The van der Waals surface area contributed by atoms with Crippen LogP contribution in [0.1, 0.15) is 41.6 Å². The second-order valence-electron chi connectivity index (χ2n) is 7.95. The average molecular weight is 424 g/mol. The number of rotatable bonds is 6. The van der Waals surface area contributed by atoms with Crippen LogP contribution in [0.15, 0.2) is 30.3 Å². The van der Waals surface area contributed by atoms with E-state index >= 15 is 0 Å². The minimum Gasteiger partial charge on any atom is -0.466 e. The molecule has 1 aliphatic rings. The Kier molecular flexibility index (Phi) is 6.32. The molecular weight excluding hydrogens is 394 g/mol. The Bertz CT molecular complexity index is 1030. The van der Waals surface area contributed by atoms with Gasteiger partial charge in [0.1, 0.15) is 16.5 Å². The topological polar surface area (TPSA) is 55.3 Å². The van der Waals surface area contributed by atoms with E-state index in [-0.39, 0.29) is 11.9 Å². The lowest BCUT2D eigenvalue weighted by atomic mass is 9.98. The fraction of sp³-hybridized carbons (Fsp3) is 0.458. The molecule has 0 aliphatic carbocycles. The van der Waals surface area contributed by atoms with Crippen molar-refractivity contribution in [3.8, 4) is 0 Å². The summed E-state index contributed by atoms with van der Waals surface area (Å²) in [6.45, 7) is 8.17. The summed E-state index contributed by atoms with van der Waals surface area (Å²) in [5, 5.41) is 1.14. The van der Waals surface area contributed by atoms with Crippen molar-refractivity contribution in [3.63, 3.8) is 0 Å². The number of esters is 1. The smallest absolute Gasteiger partial charge is 0.310 e. The van der Waals surface area contributed by atoms with Crippen LogP contribution < -0.4 is 4.90 Å². The highest BCUT2D eigenvalue weighted by atomic mass is 32.1. The number of hydrogen-bond acceptors (Lipinski definition) is 6. The van der Waals surface area contributed by atoms with Crippen LogP contribution in [0.25, 0.3) is 10.2 Å². The van der Waals surface area contributed by atoms with E-state index in [1.54, 1.807) is 11.3 Å². The lowest BCUT2D eigenvalue weighted by Gasteiger charge is -2.33. The van der Waals surface area contributed by atoms with Crippen molar-refractivity contribution in [1.82, 2.24) is 9.97 Å². The van der Waals surface area contributed by atoms with Crippen molar-refractivity contribution >= 4 is 33.3 Å². The van der Waals surface area contributed by atoms with Gasteiger partial charge in [-0.1, -0.05) is 30.3 Å². The summed E-state index contributed by atoms with van der Waals surface area (Å²) in [6, 6.07) is 10.5. The van der Waals surface area contributed by atoms with E-state index in [0.29, 0.717) is 13.2 Å². The molecule has 1 aromatic carbocycles. The number of ether oxygens (including phenoxy) is 1. The molecule has 0 bridgehead atoms. The van der Waals surface area contributed by atoms with E-state index in [0.717, 1.165) is 54.1 Å². The first kappa shape index (κ1) is 20.8. The zero-order valence-electron chi connectivity index (χ0n) is 18.0. The Morgan fingerprint density at radius 3 is 2.77 bits per heavy atom. The molecule has 1 fully saturated rings. The third kappa shape index (κ3) is 4.33. The van der Waals surface area contributed by atoms with Crippen molar-refractivity contribution in [1.29, 1.82) is 0 Å². The van der Waals surface area contributed by atoms with Crippen molar-refractivity contribution in [2.24, 2.45) is 5.92 Å². The van der Waals surface area contributed by atoms with Crippen LogP contribution in [-0.2, 0) is 22.4 Å². The Morgan fingerprint density at radius 2 is 2.00 bits per heavy atom. The van der Waals surface area contributed by atoms with Gasteiger partial charge in [0.2, 0.25) is 0 Å². The molecule has 0 spiro atoms. The van der Waals surface area contributed by atoms with Gasteiger partial charge in [-0.05, 0) is 51.2 Å². The van der Waals surface area contributed by atoms with Gasteiger partial charge < -0.3 is 9.64 Å². The summed E-state index contributed by atoms with van der Waals surface area (Å²) in [5.41, 5.74) is 2.54. The van der Waals surface area contributed by atoms with Crippen molar-refractivity contribution in [2.45, 2.75) is 46.5 Å². The second kappa shape index (κ2) is 9.13. The summed E-state index contributed by atoms with van der Waals surface area (Å²) in [6.07, 6.45) is 3.57. The number of carbonyl (C=O) groups excluding carboxylic acids is 1. The zero-order chi connectivity index (χ0) is 21.1. The molecule has 0 radical (unpaired) electrons. The fourth-order valence-corrected chi connectivity index (χ4v) is 5.18. The van der Waals surface area contributed by atoms with E-state index in [1.807, 2.05) is 13.0 Å². The van der Waals surface area contributed by atoms with Gasteiger partial charge >= 0.3 is 5.97 Å². The summed E-state index contributed by atoms with van der Waals surface area (Å²) < 4.78 is 5.30. The molecule has 0 N–H and O–H groups in total. The maximum absolute atomic E-state index is 12.4. The molecule has 30 heavy (non-hydrogen) atoms. The molecule has 1 aliphatic heterocycles. The molecule has 158 valence electrons. The van der Waals surface area contributed by atoms with Crippen molar-refractivity contribution < 1.29 is 9.53 Å². The number of piperidine rings is 1. The van der Waals surface area contributed by atoms with Crippen LogP contribution >= 0.6 is 11.3 Å². The van der Waals surface area contributed by atoms with Gasteiger partial charge in [-0.15, -0.1) is 11.3 Å². The Balaban J connectivity index is 1.65. The molecule has 2 aromatic heterocycles. The summed E-state index contributed by atoms with van der Waals surface area (Å²) >= 11 is 1.74. The molecule has 3 aromatic rings. The summed E-state index contributed by atoms with van der Waals surface area (Å²) in [5.74, 6) is 1.69. The van der Waals surface area contributed by atoms with Crippen LogP contribution in [0.2, 0.25) is 0 Å². The lowest BCUT2D eigenvalue weighted by Crippen LogP contribution is -2.40. The molecule has 0 amide bonds. The number of anilines is 1. The number of aryl methyl sites for hydroxylation is 4. The van der Waals surface area contributed by atoms with E-state index < -0.39 is 0 Å². The van der Waals surface area contributed by atoms with Gasteiger partial charge in [-0.25, -0.2) is 9.97 Å². The monoisotopic (exact) mass is 423 g/mol. The first-order valence-electron chi connectivity index (χ1n) is 10.8. The minimum atomic E-state index is -0.0879. The van der Waals surface area contributed by atoms with Crippen LogP contribution in [0.5, 0.6) is 0 Å². The predicted molar refractivity (Wildman–Crippen MR) is 122 cm³/mol. The zero-order valence-corrected chi connectivity index (χ0v) is 18.8. The predicted octanol–water partition coefficient (Wildman–Crippen LogP) is 4.87. The minimum absolute atomic E-state index is 0.0866. The summed E-state index contributed by atoms with van der Waals surface area (Å²) in [7, 11) is 0. The maximum Gasteiger partial charge on any atom is 0.310 e. The number of aromatic nitrogens is 2. The van der Waals surface area contributed by atoms with E-state index in [1.165, 1.54) is 16.0 Å². The standard InChI is InChI=1S/C24H29N3O2S/c1-4-29-24(28)19-11-8-14-27(15-19)22-21-16(2)17(3)30-23(21)26-20(25-22)13-12-18-9-6-5-7-10-18/h5-7,9-10,19H,4,8,11-15H2,1-3H3. The average Bonchev–Trinajstić information content (AvgIpc) is 3.06. The number of hydrogen-bond donors (Lipinski definition) is 0. The third-order valence-electron chi connectivity index (χ3n) is 5.88. The van der Waals surface area contributed by atoms with Crippen molar-refractivity contribution in [3.05, 3.63) is 52.2 Å². The number of nitrogens with zero attached hydrogens (tertiary/aromatic N) is 3. The molecule has 0 saturated carbocycles. The van der Waals surface area contributed by atoms with E-state index in [2.05, 4.69) is 43.0 Å². The maximum atomic E-state index is 12.4. The Labute approximate surface area is 182 Å². The number of benzene rings is 1. The quantitative estimate of drug-likeness (QED) is 0.529. The Hall–Kier alpha value is -2.47. The SMILES string of the molecule is CCOC(=O)C1CCCN(c2nc(CCc3ccccc3)nc3sc(C)c(C)c23)C1. The van der Waals surface area contributed by atoms with Gasteiger partial charge in [0.05, 0.1) is 17.9 Å². The lowest BCUT2D eigenvalue weighted by molar-refractivity contribution is -0.148. The van der Waals surface area contributed by atoms with Crippen LogP contribution in [0, 0.1) is 19.8 Å². The molecule has 3 heterocycles. The fourth-order valence-electron chi connectivity index (χ4n) is 4.13. The normalized spacial score (nSPS) is 16.8. The first-order valence-corrected chi connectivity index (χ1v) is 11.6. The molecule has 1 atom stereocenters. The third-order valence-corrected chi connectivity index (χ3v) is 6.98. The highest BCUT2D eigenvalue weighted by Crippen LogP contribution is 2.36. The molecule has 5 nitrogen and oxygen atoms in total. The van der Waals surface area contributed by atoms with Crippen molar-refractivity contribution in [2.75, 3.05) is 24.6 Å². The van der Waals surface area contributed by atoms with E-state index in [4.69, 9.17) is 14.7 Å². The molecule has 1 unspecified atom stereocenters. The molecule has 6 heteroatoms. The van der Waals surface area contributed by atoms with Gasteiger partial charge in [0.25, 0.3) is 0 Å². The van der Waals surface area contributed by atoms with Gasteiger partial charge in [-0.2, -0.15) is 0 Å². The van der Waals surface area contributed by atoms with Gasteiger partial charge in [0, 0.05) is 24.4 Å². The largest absolute Gasteiger partial charge is 0.466 e. The van der Waals surface area contributed by atoms with E-state index in [9.17, 15) is 4.79 Å². The molecule has 4 rings (SSSR count). The van der Waals surface area contributed by atoms with Gasteiger partial charge in [0.15, 0.2) is 0 Å². The number of fused-ring (bicyclic) bond motifs is 1. The molecule has 1 saturated heterocycles. The number of carbonyl (C=O) groups is 1. The van der Waals surface area contributed by atoms with Gasteiger partial charge in [-0.3, -0.25) is 4.79 Å². The molecular formula is C24H29N3O2S. The highest BCUT2D eigenvalue weighted by molar-refractivity contribution is 7.18. The van der Waals surface area contributed by atoms with Crippen LogP contribution in [0.3, 0.4) is 0 Å². The number of thiophene rings is 1. The Morgan fingerprint density at radius 1 is 1.20 bits per heavy atom. The van der Waals surface area contributed by atoms with Crippen LogP contribution in [0.4, 0.5) is 5.82 Å².